The highest BCUT2D eigenvalue weighted by Gasteiger charge is 2.13. The number of hydrogen-bond donors (Lipinski definition) is 3. The Kier molecular flexibility index (Phi) is 8.06. The normalized spacial score (nSPS) is 10.5. The fourth-order valence-corrected chi connectivity index (χ4v) is 3.58. The number of aromatic nitrogens is 4. The molecule has 0 radical (unpaired) electrons. The highest BCUT2D eigenvalue weighted by atomic mass is 35.5. The summed E-state index contributed by atoms with van der Waals surface area (Å²) in [6.07, 6.45) is 1.92. The van der Waals surface area contributed by atoms with Crippen molar-refractivity contribution in [2.75, 3.05) is 17.2 Å². The molecule has 0 aliphatic heterocycles. The van der Waals surface area contributed by atoms with Crippen LogP contribution in [-0.2, 0) is 16.0 Å². The van der Waals surface area contributed by atoms with E-state index in [1.54, 1.807) is 30.3 Å². The van der Waals surface area contributed by atoms with E-state index in [1.165, 1.54) is 35.3 Å². The summed E-state index contributed by atoms with van der Waals surface area (Å²) in [5.41, 5.74) is 2.47. The number of carboxylic acid groups (broad SMARTS) is 1. The fraction of sp³-hybridized carbons (Fsp3) is 0.120. The lowest BCUT2D eigenvalue weighted by Crippen LogP contribution is -2.21. The zero-order chi connectivity index (χ0) is 26.2. The maximum Gasteiger partial charge on any atom is 0.335 e. The Bertz CT molecular complexity index is 1410. The average Bonchev–Trinajstić information content (AvgIpc) is 3.42. The summed E-state index contributed by atoms with van der Waals surface area (Å²) in [6, 6.07) is 17.9. The second-order valence-corrected chi connectivity index (χ2v) is 8.23. The minimum absolute atomic E-state index is 0.133. The molecule has 0 saturated carbocycles. The van der Waals surface area contributed by atoms with Crippen molar-refractivity contribution in [3.8, 4) is 11.4 Å². The van der Waals surface area contributed by atoms with Gasteiger partial charge in [-0.15, -0.1) is 5.10 Å². The maximum atomic E-state index is 12.6. The van der Waals surface area contributed by atoms with E-state index in [0.717, 1.165) is 5.56 Å². The van der Waals surface area contributed by atoms with Gasteiger partial charge >= 0.3 is 5.97 Å². The summed E-state index contributed by atoms with van der Waals surface area (Å²) >= 11 is 6.08. The number of aromatic carboxylic acids is 1. The van der Waals surface area contributed by atoms with Crippen LogP contribution in [0.1, 0.15) is 22.3 Å². The molecule has 0 aliphatic carbocycles. The van der Waals surface area contributed by atoms with Crippen LogP contribution < -0.4 is 15.4 Å². The number of rotatable bonds is 10. The van der Waals surface area contributed by atoms with Gasteiger partial charge in [-0.2, -0.15) is 4.68 Å². The second kappa shape index (κ2) is 11.8. The molecule has 0 aliphatic rings. The van der Waals surface area contributed by atoms with Crippen molar-refractivity contribution in [2.45, 2.75) is 12.8 Å². The highest BCUT2D eigenvalue weighted by molar-refractivity contribution is 6.30. The molecule has 37 heavy (non-hydrogen) atoms. The van der Waals surface area contributed by atoms with E-state index in [4.69, 9.17) is 21.4 Å². The van der Waals surface area contributed by atoms with Crippen LogP contribution in [0, 0.1) is 0 Å². The first-order chi connectivity index (χ1) is 17.9. The molecule has 0 unspecified atom stereocenters. The molecule has 2 amide bonds. The molecule has 3 aromatic carbocycles. The van der Waals surface area contributed by atoms with Gasteiger partial charge < -0.3 is 20.5 Å². The zero-order valence-electron chi connectivity index (χ0n) is 19.3. The van der Waals surface area contributed by atoms with E-state index in [0.29, 0.717) is 34.3 Å². The van der Waals surface area contributed by atoms with E-state index in [9.17, 15) is 14.4 Å². The van der Waals surface area contributed by atoms with Crippen molar-refractivity contribution in [1.82, 2.24) is 20.2 Å². The minimum Gasteiger partial charge on any atom is -0.481 e. The molecule has 0 atom stereocenters. The van der Waals surface area contributed by atoms with E-state index in [2.05, 4.69) is 26.2 Å². The van der Waals surface area contributed by atoms with Gasteiger partial charge in [-0.05, 0) is 64.9 Å². The standard InChI is InChI=1S/C25H21ClN6O5/c26-18-8-11-21(32-15-27-30-31-32)22(13-18)37-14-24(34)29-20-4-2-1-3-16(20)7-12-23(33)28-19-9-5-17(6-10-19)25(35)36/h1-6,8-11,13,15H,7,12,14H2,(H,28,33)(H,29,34)(H,35,36). The van der Waals surface area contributed by atoms with Gasteiger partial charge in [-0.1, -0.05) is 29.8 Å². The topological polar surface area (TPSA) is 148 Å². The molecule has 1 aromatic heterocycles. The van der Waals surface area contributed by atoms with E-state index in [1.807, 2.05) is 12.1 Å². The van der Waals surface area contributed by atoms with Crippen molar-refractivity contribution >= 4 is 40.8 Å². The van der Waals surface area contributed by atoms with Crippen LogP contribution in [0.25, 0.3) is 5.69 Å². The van der Waals surface area contributed by atoms with Crippen LogP contribution in [0.2, 0.25) is 5.02 Å². The van der Waals surface area contributed by atoms with Crippen molar-refractivity contribution in [3.63, 3.8) is 0 Å². The number of halogens is 1. The molecule has 0 spiro atoms. The van der Waals surface area contributed by atoms with Crippen LogP contribution in [0.5, 0.6) is 5.75 Å². The number of nitrogens with one attached hydrogen (secondary N) is 2. The summed E-state index contributed by atoms with van der Waals surface area (Å²) in [4.78, 5) is 36.0. The Morgan fingerprint density at radius 2 is 1.76 bits per heavy atom. The number of carbonyl (C=O) groups excluding carboxylic acids is 2. The first-order valence-electron chi connectivity index (χ1n) is 11.1. The third-order valence-electron chi connectivity index (χ3n) is 5.20. The average molecular weight is 521 g/mol. The summed E-state index contributed by atoms with van der Waals surface area (Å²) in [6.45, 7) is -0.295. The summed E-state index contributed by atoms with van der Waals surface area (Å²) in [5, 5.41) is 26.0. The SMILES string of the molecule is O=C(CCc1ccccc1NC(=O)COc1cc(Cl)ccc1-n1cnnn1)Nc1ccc(C(=O)O)cc1. The summed E-state index contributed by atoms with van der Waals surface area (Å²) in [5.74, 6) is -1.36. The van der Waals surface area contributed by atoms with Gasteiger partial charge in [0.05, 0.1) is 5.56 Å². The molecule has 0 saturated heterocycles. The van der Waals surface area contributed by atoms with Gasteiger partial charge in [0.15, 0.2) is 6.61 Å². The van der Waals surface area contributed by atoms with Crippen molar-refractivity contribution in [2.24, 2.45) is 0 Å². The molecule has 4 aromatic rings. The molecule has 3 N–H and O–H groups in total. The molecular formula is C25H21ClN6O5. The number of carbonyl (C=O) groups is 3. The molecular weight excluding hydrogens is 500 g/mol. The lowest BCUT2D eigenvalue weighted by Gasteiger charge is -2.13. The Labute approximate surface area is 216 Å². The Balaban J connectivity index is 1.33. The van der Waals surface area contributed by atoms with Crippen molar-refractivity contribution in [3.05, 3.63) is 89.2 Å². The molecule has 1 heterocycles. The molecule has 12 heteroatoms. The quantitative estimate of drug-likeness (QED) is 0.287. The number of aryl methyl sites for hydroxylation is 1. The number of tetrazole rings is 1. The third-order valence-corrected chi connectivity index (χ3v) is 5.44. The number of para-hydroxylation sites is 1. The molecule has 4 rings (SSSR count). The van der Waals surface area contributed by atoms with Crippen LogP contribution in [0.3, 0.4) is 0 Å². The van der Waals surface area contributed by atoms with Crippen LogP contribution in [0.15, 0.2) is 73.1 Å². The van der Waals surface area contributed by atoms with E-state index in [-0.39, 0.29) is 24.5 Å². The number of anilines is 2. The largest absolute Gasteiger partial charge is 0.481 e. The van der Waals surface area contributed by atoms with Crippen molar-refractivity contribution < 1.29 is 24.2 Å². The van der Waals surface area contributed by atoms with Gasteiger partial charge in [0.1, 0.15) is 17.8 Å². The Morgan fingerprint density at radius 1 is 0.973 bits per heavy atom. The monoisotopic (exact) mass is 520 g/mol. The van der Waals surface area contributed by atoms with Crippen molar-refractivity contribution in [1.29, 1.82) is 0 Å². The first-order valence-corrected chi connectivity index (χ1v) is 11.4. The van der Waals surface area contributed by atoms with Gasteiger partial charge in [0.25, 0.3) is 5.91 Å². The number of ether oxygens (including phenoxy) is 1. The predicted molar refractivity (Wildman–Crippen MR) is 135 cm³/mol. The van der Waals surface area contributed by atoms with Gasteiger partial charge in [0.2, 0.25) is 5.91 Å². The zero-order valence-corrected chi connectivity index (χ0v) is 20.1. The maximum absolute atomic E-state index is 12.6. The molecule has 11 nitrogen and oxygen atoms in total. The van der Waals surface area contributed by atoms with Crippen LogP contribution >= 0.6 is 11.6 Å². The first kappa shape index (κ1) is 25.3. The number of hydrogen-bond acceptors (Lipinski definition) is 7. The van der Waals surface area contributed by atoms with Gasteiger partial charge in [-0.25, -0.2) is 4.79 Å². The Hall–Kier alpha value is -4.77. The summed E-state index contributed by atoms with van der Waals surface area (Å²) in [7, 11) is 0. The second-order valence-electron chi connectivity index (χ2n) is 7.79. The highest BCUT2D eigenvalue weighted by Crippen LogP contribution is 2.26. The lowest BCUT2D eigenvalue weighted by atomic mass is 10.1. The van der Waals surface area contributed by atoms with Gasteiger partial charge in [-0.3, -0.25) is 9.59 Å². The summed E-state index contributed by atoms with van der Waals surface area (Å²) < 4.78 is 7.08. The number of nitrogens with zero attached hydrogens (tertiary/aromatic N) is 4. The van der Waals surface area contributed by atoms with Gasteiger partial charge in [0, 0.05) is 28.9 Å². The minimum atomic E-state index is -1.04. The molecule has 0 bridgehead atoms. The molecule has 188 valence electrons. The van der Waals surface area contributed by atoms with Crippen LogP contribution in [-0.4, -0.2) is 49.7 Å². The van der Waals surface area contributed by atoms with E-state index >= 15 is 0 Å². The number of benzene rings is 3. The van der Waals surface area contributed by atoms with Crippen LogP contribution in [0.4, 0.5) is 11.4 Å². The Morgan fingerprint density at radius 3 is 2.49 bits per heavy atom. The predicted octanol–water partition coefficient (Wildman–Crippen LogP) is 3.60. The number of amides is 2. The number of carboxylic acids is 1. The van der Waals surface area contributed by atoms with E-state index < -0.39 is 11.9 Å². The fourth-order valence-electron chi connectivity index (χ4n) is 3.42. The third kappa shape index (κ3) is 6.89. The lowest BCUT2D eigenvalue weighted by molar-refractivity contribution is -0.118. The smallest absolute Gasteiger partial charge is 0.335 e. The molecule has 0 fully saturated rings.